The van der Waals surface area contributed by atoms with Crippen LogP contribution in [-0.4, -0.2) is 56.6 Å². The predicted molar refractivity (Wildman–Crippen MR) is 135 cm³/mol. The van der Waals surface area contributed by atoms with Gasteiger partial charge < -0.3 is 20.9 Å². The summed E-state index contributed by atoms with van der Waals surface area (Å²) in [6.07, 6.45) is 6.30. The number of aliphatic hydroxyl groups is 1. The Morgan fingerprint density at radius 3 is 2.63 bits per heavy atom. The van der Waals surface area contributed by atoms with Gasteiger partial charge in [-0.3, -0.25) is 14.0 Å². The van der Waals surface area contributed by atoms with Gasteiger partial charge in [0, 0.05) is 28.8 Å². The number of nitrogens with one attached hydrogen (secondary N) is 1. The highest BCUT2D eigenvalue weighted by Gasteiger charge is 2.21. The average Bonchev–Trinajstić information content (AvgIpc) is 2.92. The summed E-state index contributed by atoms with van der Waals surface area (Å²) in [6, 6.07) is 14.3. The molecule has 35 heavy (non-hydrogen) atoms. The Balaban J connectivity index is 1.46. The Bertz CT molecular complexity index is 1210. The summed E-state index contributed by atoms with van der Waals surface area (Å²) < 4.78 is 18.2. The van der Waals surface area contributed by atoms with Crippen LogP contribution in [0, 0.1) is 0 Å². The van der Waals surface area contributed by atoms with Gasteiger partial charge in [0.15, 0.2) is 0 Å². The van der Waals surface area contributed by atoms with Crippen molar-refractivity contribution in [2.45, 2.75) is 23.0 Å². The summed E-state index contributed by atoms with van der Waals surface area (Å²) in [7, 11) is -1.07. The molecule has 9 heteroatoms. The standard InChI is InChI=1S/C26H28N4O4S/c27-23(18-3-7-20(8-4-18)34-13-12-31)14-26(32)25-17-29-16-24(30-25)19-5-9-21(10-6-19)35(33)22-2-1-11-28-15-22/h3-10,14,16-17,22,28,31H,1-2,11-13,15,27H2. The van der Waals surface area contributed by atoms with E-state index in [1.54, 1.807) is 30.5 Å². The minimum Gasteiger partial charge on any atom is -0.491 e. The van der Waals surface area contributed by atoms with Gasteiger partial charge >= 0.3 is 0 Å². The number of benzene rings is 2. The molecule has 0 bridgehead atoms. The summed E-state index contributed by atoms with van der Waals surface area (Å²) in [5.74, 6) is 0.241. The van der Waals surface area contributed by atoms with E-state index in [0.29, 0.717) is 22.7 Å². The molecule has 0 radical (unpaired) electrons. The Morgan fingerprint density at radius 1 is 1.17 bits per heavy atom. The average molecular weight is 493 g/mol. The van der Waals surface area contributed by atoms with Crippen molar-refractivity contribution >= 4 is 22.3 Å². The minimum atomic E-state index is -1.07. The Kier molecular flexibility index (Phi) is 8.36. The van der Waals surface area contributed by atoms with E-state index in [4.69, 9.17) is 15.6 Å². The normalized spacial score (nSPS) is 17.1. The first-order valence-corrected chi connectivity index (χ1v) is 12.7. The molecular formula is C26H28N4O4S. The Labute approximate surface area is 206 Å². The van der Waals surface area contributed by atoms with Crippen LogP contribution < -0.4 is 15.8 Å². The molecule has 3 aromatic rings. The number of ether oxygens (including phenoxy) is 1. The molecule has 4 N–H and O–H groups in total. The van der Waals surface area contributed by atoms with E-state index in [9.17, 15) is 9.00 Å². The van der Waals surface area contributed by atoms with Gasteiger partial charge in [-0.1, -0.05) is 12.1 Å². The fourth-order valence-corrected chi connectivity index (χ4v) is 5.22. The van der Waals surface area contributed by atoms with Crippen molar-refractivity contribution in [1.82, 2.24) is 15.3 Å². The van der Waals surface area contributed by atoms with Crippen molar-refractivity contribution in [3.63, 3.8) is 0 Å². The molecule has 0 spiro atoms. The molecule has 0 saturated carbocycles. The van der Waals surface area contributed by atoms with Crippen LogP contribution in [0.1, 0.15) is 28.9 Å². The fourth-order valence-electron chi connectivity index (χ4n) is 3.78. The van der Waals surface area contributed by atoms with Crippen molar-refractivity contribution in [1.29, 1.82) is 0 Å². The highest BCUT2D eigenvalue weighted by atomic mass is 32.2. The van der Waals surface area contributed by atoms with Crippen molar-refractivity contribution < 1.29 is 18.8 Å². The van der Waals surface area contributed by atoms with Gasteiger partial charge in [-0.2, -0.15) is 0 Å². The van der Waals surface area contributed by atoms with Crippen molar-refractivity contribution in [3.05, 3.63) is 78.3 Å². The third-order valence-corrected chi connectivity index (χ3v) is 7.40. The number of piperidine rings is 1. The molecule has 4 rings (SSSR count). The van der Waals surface area contributed by atoms with Gasteiger partial charge in [0.25, 0.3) is 0 Å². The second-order valence-electron chi connectivity index (χ2n) is 8.14. The van der Waals surface area contributed by atoms with Gasteiger partial charge in [-0.15, -0.1) is 0 Å². The summed E-state index contributed by atoms with van der Waals surface area (Å²) in [4.78, 5) is 22.2. The zero-order valence-corrected chi connectivity index (χ0v) is 20.0. The molecule has 8 nitrogen and oxygen atoms in total. The fraction of sp³-hybridized carbons (Fsp3) is 0.269. The van der Waals surface area contributed by atoms with Crippen LogP contribution in [0.4, 0.5) is 0 Å². The first-order valence-electron chi connectivity index (χ1n) is 11.4. The van der Waals surface area contributed by atoms with Crippen LogP contribution >= 0.6 is 0 Å². The lowest BCUT2D eigenvalue weighted by Gasteiger charge is -2.22. The number of aliphatic hydroxyl groups excluding tert-OH is 1. The molecule has 1 saturated heterocycles. The third kappa shape index (κ3) is 6.39. The van der Waals surface area contributed by atoms with Crippen LogP contribution in [0.3, 0.4) is 0 Å². The van der Waals surface area contributed by atoms with E-state index in [1.807, 2.05) is 24.3 Å². The van der Waals surface area contributed by atoms with Gasteiger partial charge in [0.05, 0.1) is 40.7 Å². The number of nitrogens with two attached hydrogens (primary N) is 1. The molecule has 1 aliphatic rings. The molecule has 1 aliphatic heterocycles. The van der Waals surface area contributed by atoms with Crippen molar-refractivity contribution in [2.24, 2.45) is 5.73 Å². The van der Waals surface area contributed by atoms with Crippen LogP contribution in [0.5, 0.6) is 5.75 Å². The van der Waals surface area contributed by atoms with E-state index >= 15 is 0 Å². The maximum atomic E-state index is 12.8. The topological polar surface area (TPSA) is 127 Å². The van der Waals surface area contributed by atoms with Crippen LogP contribution in [0.25, 0.3) is 17.0 Å². The number of aromatic nitrogens is 2. The van der Waals surface area contributed by atoms with Gasteiger partial charge in [0.1, 0.15) is 18.1 Å². The molecule has 182 valence electrons. The van der Waals surface area contributed by atoms with Crippen LogP contribution in [0.2, 0.25) is 0 Å². The molecule has 2 atom stereocenters. The zero-order chi connectivity index (χ0) is 24.6. The number of hydrogen-bond donors (Lipinski definition) is 3. The highest BCUT2D eigenvalue weighted by Crippen LogP contribution is 2.22. The summed E-state index contributed by atoms with van der Waals surface area (Å²) >= 11 is 0. The lowest BCUT2D eigenvalue weighted by molar-refractivity contribution is 0.104. The lowest BCUT2D eigenvalue weighted by Crippen LogP contribution is -2.36. The number of carbonyl (C=O) groups excluding carboxylic acids is 1. The van der Waals surface area contributed by atoms with Gasteiger partial charge in [-0.05, 0) is 61.3 Å². The number of hydrogen-bond acceptors (Lipinski definition) is 8. The van der Waals surface area contributed by atoms with E-state index in [-0.39, 0.29) is 29.9 Å². The number of carbonyl (C=O) groups is 1. The van der Waals surface area contributed by atoms with Crippen molar-refractivity contribution in [3.8, 4) is 17.0 Å². The molecule has 2 aromatic carbocycles. The number of rotatable bonds is 9. The number of allylic oxidation sites excluding steroid dienone is 1. The van der Waals surface area contributed by atoms with E-state index in [1.165, 1.54) is 12.3 Å². The molecule has 0 aliphatic carbocycles. The minimum absolute atomic E-state index is 0.0692. The summed E-state index contributed by atoms with van der Waals surface area (Å²) in [5, 5.41) is 12.3. The second kappa shape index (κ2) is 11.8. The molecule has 2 unspecified atom stereocenters. The smallest absolute Gasteiger partial charge is 0.207 e. The first kappa shape index (κ1) is 24.7. The second-order valence-corrected chi connectivity index (χ2v) is 9.87. The largest absolute Gasteiger partial charge is 0.491 e. The van der Waals surface area contributed by atoms with Crippen molar-refractivity contribution in [2.75, 3.05) is 26.3 Å². The number of nitrogens with zero attached hydrogens (tertiary/aromatic N) is 2. The maximum Gasteiger partial charge on any atom is 0.207 e. The predicted octanol–water partition coefficient (Wildman–Crippen LogP) is 2.56. The monoisotopic (exact) mass is 492 g/mol. The SMILES string of the molecule is NC(=CC(=O)c1cncc(-c2ccc(S(=O)C3CCCNC3)cc2)n1)c1ccc(OCCO)cc1. The highest BCUT2D eigenvalue weighted by molar-refractivity contribution is 7.85. The van der Waals surface area contributed by atoms with E-state index < -0.39 is 10.8 Å². The van der Waals surface area contributed by atoms with Crippen LogP contribution in [-0.2, 0) is 10.8 Å². The zero-order valence-electron chi connectivity index (χ0n) is 19.2. The molecule has 1 aromatic heterocycles. The lowest BCUT2D eigenvalue weighted by atomic mass is 10.1. The summed E-state index contributed by atoms with van der Waals surface area (Å²) in [5.41, 5.74) is 8.58. The van der Waals surface area contributed by atoms with E-state index in [0.717, 1.165) is 36.4 Å². The molecule has 2 heterocycles. The van der Waals surface area contributed by atoms with Crippen LogP contribution in [0.15, 0.2) is 71.9 Å². The maximum absolute atomic E-state index is 12.8. The third-order valence-electron chi connectivity index (χ3n) is 5.66. The van der Waals surface area contributed by atoms with E-state index in [2.05, 4.69) is 15.3 Å². The number of ketones is 1. The quantitative estimate of drug-likeness (QED) is 0.307. The van der Waals surface area contributed by atoms with Gasteiger partial charge in [0.2, 0.25) is 5.78 Å². The molecule has 1 fully saturated rings. The summed E-state index contributed by atoms with van der Waals surface area (Å²) in [6.45, 7) is 1.88. The first-order chi connectivity index (χ1) is 17.0. The Morgan fingerprint density at radius 2 is 1.94 bits per heavy atom. The Hall–Kier alpha value is -3.40. The van der Waals surface area contributed by atoms with Gasteiger partial charge in [-0.25, -0.2) is 4.98 Å². The molecular weight excluding hydrogens is 464 g/mol. The molecule has 0 amide bonds.